The summed E-state index contributed by atoms with van der Waals surface area (Å²) >= 11 is 0. The van der Waals surface area contributed by atoms with E-state index in [-0.39, 0.29) is 5.91 Å². The number of likely N-dealkylation sites (tertiary alicyclic amines) is 1. The topological polar surface area (TPSA) is 59.4 Å². The van der Waals surface area contributed by atoms with E-state index in [4.69, 9.17) is 4.74 Å². The molecule has 1 aromatic heterocycles. The number of fused-ring (bicyclic) bond motifs is 1. The lowest BCUT2D eigenvalue weighted by atomic mass is 10.0. The predicted molar refractivity (Wildman–Crippen MR) is 99.7 cm³/mol. The molecule has 0 aliphatic carbocycles. The van der Waals surface area contributed by atoms with Crippen molar-refractivity contribution in [2.75, 3.05) is 33.3 Å². The number of amides is 1. The fourth-order valence-electron chi connectivity index (χ4n) is 3.92. The van der Waals surface area contributed by atoms with E-state index in [0.717, 1.165) is 57.7 Å². The molecule has 138 valence electrons. The molecule has 2 aliphatic rings. The van der Waals surface area contributed by atoms with Gasteiger partial charge in [0.2, 0.25) is 0 Å². The maximum absolute atomic E-state index is 11.7. The van der Waals surface area contributed by atoms with Crippen LogP contribution < -0.4 is 10.1 Å². The van der Waals surface area contributed by atoms with Gasteiger partial charge in [-0.15, -0.1) is 0 Å². The second kappa shape index (κ2) is 7.50. The smallest absolute Gasteiger partial charge is 0.271 e. The maximum Gasteiger partial charge on any atom is 0.271 e. The van der Waals surface area contributed by atoms with Crippen LogP contribution in [0.2, 0.25) is 0 Å². The van der Waals surface area contributed by atoms with E-state index >= 15 is 0 Å². The second-order valence-electron chi connectivity index (χ2n) is 7.15. The Balaban J connectivity index is 1.35. The van der Waals surface area contributed by atoms with Crippen LogP contribution in [-0.2, 0) is 12.8 Å². The molecule has 0 saturated carbocycles. The lowest BCUT2D eigenvalue weighted by Gasteiger charge is -2.32. The average molecular weight is 354 g/mol. The summed E-state index contributed by atoms with van der Waals surface area (Å²) in [5, 5.41) is 7.09. The molecule has 1 atom stereocenters. The van der Waals surface area contributed by atoms with Crippen LogP contribution in [0.1, 0.15) is 40.5 Å². The summed E-state index contributed by atoms with van der Waals surface area (Å²) < 4.78 is 7.55. The molecule has 1 fully saturated rings. The molecule has 1 amide bonds. The first-order chi connectivity index (χ1) is 12.7. The van der Waals surface area contributed by atoms with Crippen molar-refractivity contribution in [2.24, 2.45) is 0 Å². The normalized spacial score (nSPS) is 19.8. The summed E-state index contributed by atoms with van der Waals surface area (Å²) in [6.07, 6.45) is 6.29. The van der Waals surface area contributed by atoms with Gasteiger partial charge in [0.1, 0.15) is 11.4 Å². The Morgan fingerprint density at radius 2 is 2.31 bits per heavy atom. The van der Waals surface area contributed by atoms with Crippen molar-refractivity contribution in [1.82, 2.24) is 20.0 Å². The lowest BCUT2D eigenvalue weighted by Crippen LogP contribution is -2.38. The van der Waals surface area contributed by atoms with Crippen LogP contribution in [0.15, 0.2) is 30.5 Å². The van der Waals surface area contributed by atoms with Gasteiger partial charge < -0.3 is 15.0 Å². The zero-order valence-electron chi connectivity index (χ0n) is 15.3. The van der Waals surface area contributed by atoms with Crippen molar-refractivity contribution in [3.63, 3.8) is 0 Å². The van der Waals surface area contributed by atoms with E-state index in [1.165, 1.54) is 11.1 Å². The first-order valence-corrected chi connectivity index (χ1v) is 9.47. The number of carbonyl (C=O) groups excluding carboxylic acids is 1. The largest absolute Gasteiger partial charge is 0.493 e. The minimum atomic E-state index is -0.128. The maximum atomic E-state index is 11.7. The van der Waals surface area contributed by atoms with E-state index in [1.807, 2.05) is 10.9 Å². The molecule has 0 unspecified atom stereocenters. The highest BCUT2D eigenvalue weighted by Crippen LogP contribution is 2.26. The summed E-state index contributed by atoms with van der Waals surface area (Å²) in [7, 11) is 1.63. The number of benzene rings is 1. The molecular formula is C20H26N4O2. The monoisotopic (exact) mass is 354 g/mol. The van der Waals surface area contributed by atoms with Gasteiger partial charge in [-0.3, -0.25) is 9.48 Å². The number of aromatic nitrogens is 2. The SMILES string of the molecule is CNC(=O)c1ccn([C@H]2CCCN(CCc3ccc4c(c3)CCO4)C2)n1. The molecule has 4 rings (SSSR count). The lowest BCUT2D eigenvalue weighted by molar-refractivity contribution is 0.0956. The van der Waals surface area contributed by atoms with Crippen molar-refractivity contribution < 1.29 is 9.53 Å². The molecule has 6 nitrogen and oxygen atoms in total. The number of ether oxygens (including phenoxy) is 1. The van der Waals surface area contributed by atoms with Crippen LogP contribution in [-0.4, -0.2) is 53.9 Å². The third kappa shape index (κ3) is 3.60. The number of hydrogen-bond donors (Lipinski definition) is 1. The van der Waals surface area contributed by atoms with E-state index < -0.39 is 0 Å². The van der Waals surface area contributed by atoms with Gasteiger partial charge in [0.25, 0.3) is 5.91 Å². The summed E-state index contributed by atoms with van der Waals surface area (Å²) in [4.78, 5) is 14.2. The third-order valence-electron chi connectivity index (χ3n) is 5.39. The summed E-state index contributed by atoms with van der Waals surface area (Å²) in [6, 6.07) is 8.74. The Hall–Kier alpha value is -2.34. The summed E-state index contributed by atoms with van der Waals surface area (Å²) in [5.74, 6) is 0.925. The zero-order chi connectivity index (χ0) is 17.9. The molecule has 6 heteroatoms. The van der Waals surface area contributed by atoms with E-state index in [9.17, 15) is 4.79 Å². The quantitative estimate of drug-likeness (QED) is 0.893. The number of carbonyl (C=O) groups is 1. The predicted octanol–water partition coefficient (Wildman–Crippen LogP) is 2.06. The van der Waals surface area contributed by atoms with Crippen LogP contribution in [0.3, 0.4) is 0 Å². The Morgan fingerprint density at radius 1 is 1.38 bits per heavy atom. The zero-order valence-corrected chi connectivity index (χ0v) is 15.3. The van der Waals surface area contributed by atoms with Gasteiger partial charge in [-0.1, -0.05) is 12.1 Å². The Bertz CT molecular complexity index is 786. The van der Waals surface area contributed by atoms with Crippen LogP contribution in [0.5, 0.6) is 5.75 Å². The van der Waals surface area contributed by atoms with Crippen LogP contribution in [0.4, 0.5) is 0 Å². The first kappa shape index (κ1) is 17.1. The number of nitrogens with one attached hydrogen (secondary N) is 1. The average Bonchev–Trinajstić information content (AvgIpc) is 3.35. The molecular weight excluding hydrogens is 328 g/mol. The van der Waals surface area contributed by atoms with Gasteiger partial charge in [0, 0.05) is 32.8 Å². The molecule has 1 N–H and O–H groups in total. The molecule has 26 heavy (non-hydrogen) atoms. The minimum absolute atomic E-state index is 0.128. The Labute approximate surface area is 154 Å². The molecule has 1 saturated heterocycles. The molecule has 0 bridgehead atoms. The van der Waals surface area contributed by atoms with Gasteiger partial charge >= 0.3 is 0 Å². The van der Waals surface area contributed by atoms with Crippen molar-refractivity contribution in [3.05, 3.63) is 47.3 Å². The molecule has 0 spiro atoms. The highest BCUT2D eigenvalue weighted by Gasteiger charge is 2.22. The van der Waals surface area contributed by atoms with E-state index in [1.54, 1.807) is 13.1 Å². The molecule has 2 aliphatic heterocycles. The van der Waals surface area contributed by atoms with Gasteiger partial charge in [0.15, 0.2) is 0 Å². The standard InChI is InChI=1S/C20H26N4O2/c1-21-20(25)18-7-11-24(22-18)17-3-2-9-23(14-17)10-6-15-4-5-19-16(13-15)8-12-26-19/h4-5,7,11,13,17H,2-3,6,8-10,12,14H2,1H3,(H,21,25)/t17-/m0/s1. The highest BCUT2D eigenvalue weighted by molar-refractivity contribution is 5.91. The van der Waals surface area contributed by atoms with Gasteiger partial charge in [-0.05, 0) is 49.1 Å². The fourth-order valence-corrected chi connectivity index (χ4v) is 3.92. The first-order valence-electron chi connectivity index (χ1n) is 9.47. The highest BCUT2D eigenvalue weighted by atomic mass is 16.5. The van der Waals surface area contributed by atoms with Gasteiger partial charge in [-0.2, -0.15) is 5.10 Å². The number of rotatable bonds is 5. The molecule has 0 radical (unpaired) electrons. The Kier molecular flexibility index (Phi) is 4.93. The van der Waals surface area contributed by atoms with Crippen LogP contribution in [0.25, 0.3) is 0 Å². The summed E-state index contributed by atoms with van der Waals surface area (Å²) in [6.45, 7) is 3.99. The molecule has 3 heterocycles. The fraction of sp³-hybridized carbons (Fsp3) is 0.500. The van der Waals surface area contributed by atoms with Crippen molar-refractivity contribution in [1.29, 1.82) is 0 Å². The van der Waals surface area contributed by atoms with Crippen LogP contribution >= 0.6 is 0 Å². The number of hydrogen-bond acceptors (Lipinski definition) is 4. The summed E-state index contributed by atoms with van der Waals surface area (Å²) in [5.41, 5.74) is 3.22. The van der Waals surface area contributed by atoms with Gasteiger partial charge in [-0.25, -0.2) is 0 Å². The number of nitrogens with zero attached hydrogens (tertiary/aromatic N) is 3. The van der Waals surface area contributed by atoms with Crippen molar-refractivity contribution in [3.8, 4) is 5.75 Å². The second-order valence-corrected chi connectivity index (χ2v) is 7.15. The third-order valence-corrected chi connectivity index (χ3v) is 5.39. The van der Waals surface area contributed by atoms with Crippen molar-refractivity contribution in [2.45, 2.75) is 31.7 Å². The Morgan fingerprint density at radius 3 is 3.19 bits per heavy atom. The number of piperidine rings is 1. The van der Waals surface area contributed by atoms with E-state index in [0.29, 0.717) is 11.7 Å². The van der Waals surface area contributed by atoms with Crippen molar-refractivity contribution >= 4 is 5.91 Å². The minimum Gasteiger partial charge on any atom is -0.493 e. The van der Waals surface area contributed by atoms with Gasteiger partial charge in [0.05, 0.1) is 12.6 Å². The molecule has 1 aromatic carbocycles. The van der Waals surface area contributed by atoms with E-state index in [2.05, 4.69) is 33.5 Å². The van der Waals surface area contributed by atoms with Crippen LogP contribution in [0, 0.1) is 0 Å². The molecule has 2 aromatic rings.